The van der Waals surface area contributed by atoms with Crippen molar-refractivity contribution < 1.29 is 4.79 Å². The van der Waals surface area contributed by atoms with Crippen LogP contribution in [0, 0.1) is 5.41 Å². The Morgan fingerprint density at radius 3 is 2.26 bits per heavy atom. The molecule has 1 heteroatoms. The van der Waals surface area contributed by atoms with Crippen LogP contribution >= 0.6 is 0 Å². The molecule has 116 valence electrons. The molecule has 1 aliphatic rings. The van der Waals surface area contributed by atoms with Crippen molar-refractivity contribution in [1.29, 1.82) is 0 Å². The van der Waals surface area contributed by atoms with Crippen LogP contribution in [0.1, 0.15) is 48.7 Å². The van der Waals surface area contributed by atoms with Crippen LogP contribution in [0.4, 0.5) is 0 Å². The normalized spacial score (nSPS) is 14.4. The van der Waals surface area contributed by atoms with Gasteiger partial charge in [0.25, 0.3) is 0 Å². The van der Waals surface area contributed by atoms with E-state index in [9.17, 15) is 4.79 Å². The number of hydrogen-bond acceptors (Lipinski definition) is 1. The van der Waals surface area contributed by atoms with Gasteiger partial charge in [-0.1, -0.05) is 87.5 Å². The molecule has 2 aromatic carbocycles. The summed E-state index contributed by atoms with van der Waals surface area (Å²) in [5, 5.41) is 0. The quantitative estimate of drug-likeness (QED) is 0.667. The highest BCUT2D eigenvalue weighted by Crippen LogP contribution is 2.40. The van der Waals surface area contributed by atoms with Gasteiger partial charge < -0.3 is 0 Å². The molecule has 1 nitrogen and oxygen atoms in total. The minimum atomic E-state index is 0.0746. The molecule has 0 radical (unpaired) electrons. The first kappa shape index (κ1) is 15.5. The van der Waals surface area contributed by atoms with Crippen LogP contribution in [-0.4, -0.2) is 5.78 Å². The highest BCUT2D eigenvalue weighted by atomic mass is 16.1. The minimum absolute atomic E-state index is 0.0746. The fourth-order valence-corrected chi connectivity index (χ4v) is 3.15. The van der Waals surface area contributed by atoms with E-state index < -0.39 is 0 Å². The maximum absolute atomic E-state index is 12.9. The number of carbonyl (C=O) groups excluding carboxylic acids is 1. The summed E-state index contributed by atoms with van der Waals surface area (Å²) >= 11 is 0. The molecule has 0 amide bonds. The maximum atomic E-state index is 12.9. The molecule has 0 saturated heterocycles. The average Bonchev–Trinajstić information content (AvgIpc) is 3.05. The first-order valence-electron chi connectivity index (χ1n) is 8.08. The van der Waals surface area contributed by atoms with Crippen molar-refractivity contribution in [2.24, 2.45) is 5.41 Å². The fraction of sp³-hybridized carbons (Fsp3) is 0.227. The largest absolute Gasteiger partial charge is 0.289 e. The Hall–Kier alpha value is -2.41. The molecule has 0 unspecified atom stereocenters. The summed E-state index contributed by atoms with van der Waals surface area (Å²) < 4.78 is 0. The van der Waals surface area contributed by atoms with Gasteiger partial charge in [0.15, 0.2) is 5.78 Å². The van der Waals surface area contributed by atoms with Gasteiger partial charge in [-0.15, -0.1) is 0 Å². The van der Waals surface area contributed by atoms with Gasteiger partial charge >= 0.3 is 0 Å². The van der Waals surface area contributed by atoms with E-state index in [0.717, 1.165) is 23.1 Å². The smallest absolute Gasteiger partial charge is 0.193 e. The zero-order valence-corrected chi connectivity index (χ0v) is 14.0. The SMILES string of the molecule is CC(C)(C)C1=C(c2ccccc2C(=O)c2ccccc2)CC=C1. The van der Waals surface area contributed by atoms with E-state index in [4.69, 9.17) is 0 Å². The number of carbonyl (C=O) groups is 1. The van der Waals surface area contributed by atoms with Gasteiger partial charge in [0, 0.05) is 11.1 Å². The summed E-state index contributed by atoms with van der Waals surface area (Å²) in [5.41, 5.74) is 5.27. The number of allylic oxidation sites excluding steroid dienone is 4. The molecule has 0 aromatic heterocycles. The lowest BCUT2D eigenvalue weighted by Crippen LogP contribution is -2.10. The average molecular weight is 302 g/mol. The Morgan fingerprint density at radius 1 is 0.913 bits per heavy atom. The third-order valence-corrected chi connectivity index (χ3v) is 4.27. The second-order valence-corrected chi connectivity index (χ2v) is 6.99. The zero-order valence-electron chi connectivity index (χ0n) is 14.0. The lowest BCUT2D eigenvalue weighted by molar-refractivity contribution is 0.103. The fourth-order valence-electron chi connectivity index (χ4n) is 3.15. The van der Waals surface area contributed by atoms with E-state index in [1.165, 1.54) is 11.1 Å². The molecule has 0 atom stereocenters. The Labute approximate surface area is 138 Å². The Kier molecular flexibility index (Phi) is 4.04. The summed E-state index contributed by atoms with van der Waals surface area (Å²) in [7, 11) is 0. The molecule has 0 saturated carbocycles. The molecule has 3 rings (SSSR count). The van der Waals surface area contributed by atoms with Gasteiger partial charge in [-0.3, -0.25) is 4.79 Å². The molecule has 1 aliphatic carbocycles. The minimum Gasteiger partial charge on any atom is -0.289 e. The van der Waals surface area contributed by atoms with Crippen molar-refractivity contribution in [2.75, 3.05) is 0 Å². The molecule has 0 spiro atoms. The molecule has 0 heterocycles. The molecule has 0 fully saturated rings. The lowest BCUT2D eigenvalue weighted by atomic mass is 9.81. The van der Waals surface area contributed by atoms with Crippen LogP contribution in [0.25, 0.3) is 5.57 Å². The molecule has 23 heavy (non-hydrogen) atoms. The topological polar surface area (TPSA) is 17.1 Å². The van der Waals surface area contributed by atoms with Gasteiger partial charge in [-0.25, -0.2) is 0 Å². The summed E-state index contributed by atoms with van der Waals surface area (Å²) in [6.45, 7) is 6.67. The van der Waals surface area contributed by atoms with Gasteiger partial charge in [0.1, 0.15) is 0 Å². The van der Waals surface area contributed by atoms with Crippen LogP contribution in [-0.2, 0) is 0 Å². The van der Waals surface area contributed by atoms with Crippen molar-refractivity contribution in [2.45, 2.75) is 27.2 Å². The summed E-state index contributed by atoms with van der Waals surface area (Å²) in [4.78, 5) is 12.9. The number of hydrogen-bond donors (Lipinski definition) is 0. The first-order valence-corrected chi connectivity index (χ1v) is 8.08. The van der Waals surface area contributed by atoms with E-state index >= 15 is 0 Å². The van der Waals surface area contributed by atoms with Gasteiger partial charge in [-0.2, -0.15) is 0 Å². The molecular formula is C22H22O. The predicted molar refractivity (Wildman–Crippen MR) is 96.4 cm³/mol. The van der Waals surface area contributed by atoms with Crippen LogP contribution in [0.15, 0.2) is 72.3 Å². The van der Waals surface area contributed by atoms with Crippen molar-refractivity contribution in [3.8, 4) is 0 Å². The van der Waals surface area contributed by atoms with Crippen LogP contribution in [0.2, 0.25) is 0 Å². The van der Waals surface area contributed by atoms with Crippen molar-refractivity contribution in [1.82, 2.24) is 0 Å². The molecular weight excluding hydrogens is 280 g/mol. The third-order valence-electron chi connectivity index (χ3n) is 4.27. The molecule has 2 aromatic rings. The second-order valence-electron chi connectivity index (χ2n) is 6.99. The number of benzene rings is 2. The molecule has 0 bridgehead atoms. The standard InChI is InChI=1S/C22H22O/c1-22(2,3)20-15-9-14-18(20)17-12-7-8-13-19(17)21(23)16-10-5-4-6-11-16/h4-13,15H,14H2,1-3H3. The van der Waals surface area contributed by atoms with Gasteiger partial charge in [0.05, 0.1) is 0 Å². The number of rotatable bonds is 3. The first-order chi connectivity index (χ1) is 11.0. The second kappa shape index (κ2) is 6.00. The summed E-state index contributed by atoms with van der Waals surface area (Å²) in [6, 6.07) is 17.5. The zero-order chi connectivity index (χ0) is 16.4. The Bertz CT molecular complexity index is 786. The van der Waals surface area contributed by atoms with Crippen molar-refractivity contribution in [3.05, 3.63) is 89.0 Å². The Balaban J connectivity index is 2.11. The molecule has 0 N–H and O–H groups in total. The Morgan fingerprint density at radius 2 is 1.57 bits per heavy atom. The van der Waals surface area contributed by atoms with E-state index in [2.05, 4.69) is 39.0 Å². The third kappa shape index (κ3) is 3.05. The highest BCUT2D eigenvalue weighted by Gasteiger charge is 2.25. The number of ketones is 1. The van der Waals surface area contributed by atoms with Crippen molar-refractivity contribution in [3.63, 3.8) is 0 Å². The predicted octanol–water partition coefficient (Wildman–Crippen LogP) is 5.68. The van der Waals surface area contributed by atoms with E-state index in [1.807, 2.05) is 48.5 Å². The van der Waals surface area contributed by atoms with Crippen LogP contribution in [0.5, 0.6) is 0 Å². The monoisotopic (exact) mass is 302 g/mol. The summed E-state index contributed by atoms with van der Waals surface area (Å²) in [5.74, 6) is 0.0915. The van der Waals surface area contributed by atoms with Gasteiger partial charge in [-0.05, 0) is 28.5 Å². The maximum Gasteiger partial charge on any atom is 0.193 e. The van der Waals surface area contributed by atoms with E-state index in [0.29, 0.717) is 0 Å². The van der Waals surface area contributed by atoms with Gasteiger partial charge in [0.2, 0.25) is 0 Å². The summed E-state index contributed by atoms with van der Waals surface area (Å²) in [6.07, 6.45) is 5.30. The van der Waals surface area contributed by atoms with E-state index in [-0.39, 0.29) is 11.2 Å². The van der Waals surface area contributed by atoms with Crippen molar-refractivity contribution >= 4 is 11.4 Å². The molecule has 0 aliphatic heterocycles. The van der Waals surface area contributed by atoms with E-state index in [1.54, 1.807) is 0 Å². The lowest BCUT2D eigenvalue weighted by Gasteiger charge is -2.23. The van der Waals surface area contributed by atoms with Crippen LogP contribution < -0.4 is 0 Å². The van der Waals surface area contributed by atoms with Crippen LogP contribution in [0.3, 0.4) is 0 Å². The highest BCUT2D eigenvalue weighted by molar-refractivity contribution is 6.12.